The first-order valence-corrected chi connectivity index (χ1v) is 35.3. The molecule has 0 unspecified atom stereocenters. The molecule has 0 heteroatoms. The SMILES string of the molecule is CC.CC.CC.CCCc1ccc(-c2cc(-c3ccc(CCC)cc3)cc(-c3ccc(CCC)cc3)c2)cc1.CCCc1ccc(-c2cc(CCC)cc(-c3ccc(CCC)cc3)c2)cc1.CCCc1ccc(-c2cccc(-c3ccc(CCC)cc3)c2)cc1. The summed E-state index contributed by atoms with van der Waals surface area (Å²) in [6.07, 6.45) is 18.7. The van der Waals surface area contributed by atoms with Gasteiger partial charge in [0.05, 0.1) is 0 Å². The number of hydrogen-bond donors (Lipinski definition) is 0. The number of aryl methyl sites for hydroxylation is 8. The van der Waals surface area contributed by atoms with Crippen LogP contribution in [-0.2, 0) is 51.4 Å². The van der Waals surface area contributed by atoms with Gasteiger partial charge in [-0.15, -0.1) is 0 Å². The molecule has 0 N–H and O–H groups in total. The van der Waals surface area contributed by atoms with Gasteiger partial charge in [0.1, 0.15) is 0 Å². The minimum atomic E-state index is 1.13. The predicted octanol–water partition coefficient (Wildman–Crippen LogP) is 27.4. The van der Waals surface area contributed by atoms with Crippen LogP contribution in [0.3, 0.4) is 0 Å². The molecule has 10 aromatic rings. The van der Waals surface area contributed by atoms with Crippen molar-refractivity contribution in [3.8, 4) is 77.9 Å². The molecule has 0 fully saturated rings. The zero-order chi connectivity index (χ0) is 64.9. The summed E-state index contributed by atoms with van der Waals surface area (Å²) in [4.78, 5) is 0. The quantitative estimate of drug-likeness (QED) is 0.0599. The molecule has 472 valence electrons. The van der Waals surface area contributed by atoms with Gasteiger partial charge in [-0.25, -0.2) is 0 Å². The van der Waals surface area contributed by atoms with E-state index in [-0.39, 0.29) is 0 Å². The van der Waals surface area contributed by atoms with Crippen molar-refractivity contribution in [2.45, 2.75) is 200 Å². The molecule has 10 rings (SSSR count). The standard InChI is InChI=1S/C33H36.C27H32.C24H26.3C2H6/c1-4-7-25-10-16-28(17-11-25)31-22-32(29-18-12-26(8-5-2)13-19-29)24-33(23-31)30-20-14-27(9-6-3)15-21-30;1-4-7-21-10-14-24(15-11-21)26-18-23(9-6-3)19-27(20-26)25-16-12-22(8-5-2)13-17-25;1-3-6-19-10-14-21(15-11-19)23-8-5-9-24(18-23)22-16-12-20(7-4-2)13-17-22;3*1-2/h10-24H,4-9H2,1-3H3;10-20H,4-9H2,1-3H3;5,8-18H,3-4,6-7H2,1-2H3;3*1-2H3. The Morgan fingerprint density at radius 3 is 0.467 bits per heavy atom. The molecule has 10 aromatic carbocycles. The molecular weight excluding hydrogens is 1080 g/mol. The Morgan fingerprint density at radius 2 is 0.289 bits per heavy atom. The first kappa shape index (κ1) is 72.9. The maximum atomic E-state index is 2.37. The molecule has 0 saturated carbocycles. The highest BCUT2D eigenvalue weighted by Gasteiger charge is 2.11. The summed E-state index contributed by atoms with van der Waals surface area (Å²) in [5.74, 6) is 0. The Balaban J connectivity index is 0.000000238. The van der Waals surface area contributed by atoms with Gasteiger partial charge in [-0.3, -0.25) is 0 Å². The summed E-state index contributed by atoms with van der Waals surface area (Å²) in [6.45, 7) is 29.9. The summed E-state index contributed by atoms with van der Waals surface area (Å²) in [5, 5.41) is 0. The fourth-order valence-electron chi connectivity index (χ4n) is 11.5. The van der Waals surface area contributed by atoms with Crippen molar-refractivity contribution in [3.05, 3.63) is 275 Å². The van der Waals surface area contributed by atoms with Crippen LogP contribution in [0.15, 0.2) is 231 Å². The van der Waals surface area contributed by atoms with Gasteiger partial charge in [-0.1, -0.05) is 348 Å². The number of hydrogen-bond acceptors (Lipinski definition) is 0. The van der Waals surface area contributed by atoms with Gasteiger partial charge >= 0.3 is 0 Å². The van der Waals surface area contributed by atoms with E-state index in [9.17, 15) is 0 Å². The van der Waals surface area contributed by atoms with E-state index in [4.69, 9.17) is 0 Å². The molecule has 0 radical (unpaired) electrons. The van der Waals surface area contributed by atoms with Crippen molar-refractivity contribution in [1.29, 1.82) is 0 Å². The Hall–Kier alpha value is -7.80. The maximum Gasteiger partial charge on any atom is -0.0172 e. The number of benzene rings is 10. The average molecular weight is 1190 g/mol. The van der Waals surface area contributed by atoms with Crippen molar-refractivity contribution in [1.82, 2.24) is 0 Å². The van der Waals surface area contributed by atoms with E-state index in [0.29, 0.717) is 0 Å². The van der Waals surface area contributed by atoms with Crippen LogP contribution in [0.4, 0.5) is 0 Å². The zero-order valence-corrected chi connectivity index (χ0v) is 58.3. The second kappa shape index (κ2) is 41.5. The molecule has 0 spiro atoms. The third-order valence-electron chi connectivity index (χ3n) is 16.1. The predicted molar refractivity (Wildman–Crippen MR) is 403 cm³/mol. The van der Waals surface area contributed by atoms with Gasteiger partial charge in [-0.2, -0.15) is 0 Å². The van der Waals surface area contributed by atoms with Crippen molar-refractivity contribution >= 4 is 0 Å². The van der Waals surface area contributed by atoms with Crippen molar-refractivity contribution < 1.29 is 0 Å². The molecule has 0 bridgehead atoms. The lowest BCUT2D eigenvalue weighted by Crippen LogP contribution is -1.90. The largest absolute Gasteiger partial charge is 0.0683 e. The summed E-state index contributed by atoms with van der Waals surface area (Å²) < 4.78 is 0. The van der Waals surface area contributed by atoms with Gasteiger partial charge in [-0.05, 0) is 204 Å². The van der Waals surface area contributed by atoms with Crippen LogP contribution in [0.25, 0.3) is 77.9 Å². The van der Waals surface area contributed by atoms with E-state index < -0.39 is 0 Å². The Morgan fingerprint density at radius 1 is 0.144 bits per heavy atom. The van der Waals surface area contributed by atoms with Crippen molar-refractivity contribution in [3.63, 3.8) is 0 Å². The summed E-state index contributed by atoms with van der Waals surface area (Å²) in [7, 11) is 0. The van der Waals surface area contributed by atoms with Crippen LogP contribution < -0.4 is 0 Å². The molecule has 0 nitrogen and oxygen atoms in total. The van der Waals surface area contributed by atoms with Crippen molar-refractivity contribution in [2.75, 3.05) is 0 Å². The van der Waals surface area contributed by atoms with Crippen LogP contribution in [0.2, 0.25) is 0 Å². The molecule has 0 aliphatic carbocycles. The van der Waals surface area contributed by atoms with E-state index in [1.54, 1.807) is 0 Å². The average Bonchev–Trinajstić information content (AvgIpc) is 1.36. The van der Waals surface area contributed by atoms with Crippen LogP contribution in [0.1, 0.15) is 193 Å². The van der Waals surface area contributed by atoms with Gasteiger partial charge in [0.25, 0.3) is 0 Å². The third-order valence-corrected chi connectivity index (χ3v) is 16.1. The van der Waals surface area contributed by atoms with E-state index in [1.807, 2.05) is 41.5 Å². The highest BCUT2D eigenvalue weighted by atomic mass is 14.2. The molecule has 0 amide bonds. The number of rotatable bonds is 23. The highest BCUT2D eigenvalue weighted by molar-refractivity contribution is 5.82. The normalized spacial score (nSPS) is 10.4. The van der Waals surface area contributed by atoms with Gasteiger partial charge in [0.15, 0.2) is 0 Å². The van der Waals surface area contributed by atoms with Crippen LogP contribution in [0, 0.1) is 0 Å². The lowest BCUT2D eigenvalue weighted by atomic mass is 9.92. The molecule has 0 aliphatic rings. The summed E-state index contributed by atoms with van der Waals surface area (Å²) in [6, 6.07) is 86.6. The van der Waals surface area contributed by atoms with E-state index in [1.165, 1.54) is 174 Å². The molecular formula is C90H112. The van der Waals surface area contributed by atoms with Crippen LogP contribution in [-0.4, -0.2) is 0 Å². The lowest BCUT2D eigenvalue weighted by Gasteiger charge is -2.13. The summed E-state index contributed by atoms with van der Waals surface area (Å²) >= 11 is 0. The molecule has 0 aliphatic heterocycles. The van der Waals surface area contributed by atoms with E-state index >= 15 is 0 Å². The Labute approximate surface area is 549 Å². The summed E-state index contributed by atoms with van der Waals surface area (Å²) in [5.41, 5.74) is 29.5. The molecule has 0 saturated heterocycles. The molecule has 0 atom stereocenters. The van der Waals surface area contributed by atoms with E-state index in [0.717, 1.165) is 51.4 Å². The maximum absolute atomic E-state index is 2.37. The Kier molecular flexibility index (Phi) is 33.6. The van der Waals surface area contributed by atoms with Gasteiger partial charge in [0, 0.05) is 0 Å². The lowest BCUT2D eigenvalue weighted by molar-refractivity contribution is 0.920. The van der Waals surface area contributed by atoms with Crippen LogP contribution in [0.5, 0.6) is 0 Å². The van der Waals surface area contributed by atoms with Gasteiger partial charge in [0.2, 0.25) is 0 Å². The monoisotopic (exact) mass is 1190 g/mol. The molecule has 0 heterocycles. The topological polar surface area (TPSA) is 0 Å². The molecule has 90 heavy (non-hydrogen) atoms. The second-order valence-corrected chi connectivity index (χ2v) is 23.2. The fourth-order valence-corrected chi connectivity index (χ4v) is 11.5. The fraction of sp³-hybridized carbons (Fsp3) is 0.333. The van der Waals surface area contributed by atoms with Crippen LogP contribution >= 0.6 is 0 Å². The minimum Gasteiger partial charge on any atom is -0.0683 e. The molecule has 0 aromatic heterocycles. The Bertz CT molecular complexity index is 3200. The first-order chi connectivity index (χ1) is 44.2. The van der Waals surface area contributed by atoms with Gasteiger partial charge < -0.3 is 0 Å². The third kappa shape index (κ3) is 22.9. The zero-order valence-electron chi connectivity index (χ0n) is 58.3. The minimum absolute atomic E-state index is 1.13. The highest BCUT2D eigenvalue weighted by Crippen LogP contribution is 2.35. The first-order valence-electron chi connectivity index (χ1n) is 35.3. The smallest absolute Gasteiger partial charge is 0.0172 e. The van der Waals surface area contributed by atoms with Crippen molar-refractivity contribution in [2.24, 2.45) is 0 Å². The second-order valence-electron chi connectivity index (χ2n) is 23.2. The van der Waals surface area contributed by atoms with E-state index in [2.05, 4.69) is 286 Å².